The minimum absolute atomic E-state index is 0.0703. The molecule has 1 amide bonds. The summed E-state index contributed by atoms with van der Waals surface area (Å²) >= 11 is 0. The topological polar surface area (TPSA) is 67.8 Å². The highest BCUT2D eigenvalue weighted by Crippen LogP contribution is 2.40. The van der Waals surface area contributed by atoms with Gasteiger partial charge < -0.3 is 19.3 Å². The Balaban J connectivity index is 1.44. The van der Waals surface area contributed by atoms with Crippen LogP contribution in [0.15, 0.2) is 12.4 Å². The Morgan fingerprint density at radius 2 is 2.24 bits per heavy atom. The maximum absolute atomic E-state index is 12.7. The van der Waals surface area contributed by atoms with Gasteiger partial charge in [-0.1, -0.05) is 0 Å². The Labute approximate surface area is 148 Å². The van der Waals surface area contributed by atoms with Crippen molar-refractivity contribution in [2.45, 2.75) is 25.7 Å². The Kier molecular flexibility index (Phi) is 4.50. The lowest BCUT2D eigenvalue weighted by atomic mass is 9.79. The minimum Gasteiger partial charge on any atom is -0.481 e. The van der Waals surface area contributed by atoms with E-state index in [0.29, 0.717) is 12.5 Å². The maximum Gasteiger partial charge on any atom is 0.228 e. The predicted molar refractivity (Wildman–Crippen MR) is 92.6 cm³/mol. The van der Waals surface area contributed by atoms with Gasteiger partial charge in [0.1, 0.15) is 12.1 Å². The molecule has 0 unspecified atom stereocenters. The normalized spacial score (nSPS) is 29.4. The highest BCUT2D eigenvalue weighted by molar-refractivity contribution is 5.79. The van der Waals surface area contributed by atoms with Gasteiger partial charge in [0.25, 0.3) is 0 Å². The number of amides is 1. The maximum atomic E-state index is 12.7. The van der Waals surface area contributed by atoms with E-state index in [1.165, 1.54) is 6.42 Å². The number of likely N-dealkylation sites (tertiary alicyclic amines) is 1. The number of rotatable bonds is 3. The smallest absolute Gasteiger partial charge is 0.228 e. The molecule has 0 bridgehead atoms. The molecular weight excluding hydrogens is 320 g/mol. The third-order valence-electron chi connectivity index (χ3n) is 5.85. The van der Waals surface area contributed by atoms with Crippen LogP contribution in [0.3, 0.4) is 0 Å². The van der Waals surface area contributed by atoms with Crippen LogP contribution in [0.4, 0.5) is 5.82 Å². The second-order valence-electron chi connectivity index (χ2n) is 7.51. The van der Waals surface area contributed by atoms with Crippen LogP contribution in [-0.4, -0.2) is 67.3 Å². The fraction of sp³-hybridized carbons (Fsp3) is 0.722. The van der Waals surface area contributed by atoms with Crippen molar-refractivity contribution >= 4 is 11.7 Å². The van der Waals surface area contributed by atoms with Crippen molar-refractivity contribution in [1.82, 2.24) is 14.9 Å². The molecule has 1 spiro atoms. The molecule has 0 radical (unpaired) electrons. The monoisotopic (exact) mass is 346 g/mol. The van der Waals surface area contributed by atoms with E-state index in [1.54, 1.807) is 13.4 Å². The summed E-state index contributed by atoms with van der Waals surface area (Å²) in [5.41, 5.74) is 0.186. The number of hydrogen-bond acceptors (Lipinski definition) is 6. The first-order valence-electron chi connectivity index (χ1n) is 9.17. The third kappa shape index (κ3) is 3.29. The average molecular weight is 346 g/mol. The van der Waals surface area contributed by atoms with Crippen LogP contribution >= 0.6 is 0 Å². The molecule has 4 rings (SSSR count). The Morgan fingerprint density at radius 3 is 3.04 bits per heavy atom. The molecule has 4 heterocycles. The summed E-state index contributed by atoms with van der Waals surface area (Å²) in [5.74, 6) is 1.87. The molecule has 3 saturated heterocycles. The molecule has 0 N–H and O–H groups in total. The van der Waals surface area contributed by atoms with Gasteiger partial charge in [0.15, 0.2) is 0 Å². The van der Waals surface area contributed by atoms with Crippen molar-refractivity contribution in [3.05, 3.63) is 12.4 Å². The van der Waals surface area contributed by atoms with E-state index in [-0.39, 0.29) is 17.2 Å². The van der Waals surface area contributed by atoms with Crippen molar-refractivity contribution < 1.29 is 14.3 Å². The van der Waals surface area contributed by atoms with E-state index < -0.39 is 0 Å². The zero-order chi connectivity index (χ0) is 17.3. The van der Waals surface area contributed by atoms with Crippen LogP contribution in [-0.2, 0) is 9.53 Å². The molecule has 3 aliphatic heterocycles. The molecule has 7 heteroatoms. The quantitative estimate of drug-likeness (QED) is 0.823. The van der Waals surface area contributed by atoms with Crippen molar-refractivity contribution in [2.24, 2.45) is 11.3 Å². The van der Waals surface area contributed by atoms with Crippen molar-refractivity contribution in [2.75, 3.05) is 51.4 Å². The standard InChI is InChI=1S/C18H26N4O3/c1-24-16-9-15(19-13-20-16)21-6-2-4-18(11-21)5-7-22(12-18)17(23)14-3-8-25-10-14/h9,13-14H,2-8,10-12H2,1H3/t14-,18+/m1/s1. The van der Waals surface area contributed by atoms with E-state index in [1.807, 2.05) is 6.07 Å². The Morgan fingerprint density at radius 1 is 1.32 bits per heavy atom. The molecule has 1 aromatic heterocycles. The average Bonchev–Trinajstić information content (AvgIpc) is 3.32. The van der Waals surface area contributed by atoms with Crippen LogP contribution in [0, 0.1) is 11.3 Å². The van der Waals surface area contributed by atoms with Gasteiger partial charge in [0.2, 0.25) is 11.8 Å². The zero-order valence-corrected chi connectivity index (χ0v) is 14.8. The SMILES string of the molecule is COc1cc(N2CCC[C@]3(CCN(C(=O)[C@@H]4CCOC4)C3)C2)ncn1. The van der Waals surface area contributed by atoms with Crippen LogP contribution < -0.4 is 9.64 Å². The van der Waals surface area contributed by atoms with E-state index in [0.717, 1.165) is 57.9 Å². The lowest BCUT2D eigenvalue weighted by Crippen LogP contribution is -2.46. The number of methoxy groups -OCH3 is 1. The van der Waals surface area contributed by atoms with E-state index >= 15 is 0 Å². The van der Waals surface area contributed by atoms with Crippen molar-refractivity contribution in [3.8, 4) is 5.88 Å². The summed E-state index contributed by atoms with van der Waals surface area (Å²) in [7, 11) is 1.62. The van der Waals surface area contributed by atoms with E-state index in [4.69, 9.17) is 9.47 Å². The van der Waals surface area contributed by atoms with Gasteiger partial charge in [-0.15, -0.1) is 0 Å². The lowest BCUT2D eigenvalue weighted by Gasteiger charge is -2.41. The summed E-state index contributed by atoms with van der Waals surface area (Å²) in [6, 6.07) is 1.90. The first kappa shape index (κ1) is 16.6. The Hall–Kier alpha value is -1.89. The number of piperidine rings is 1. The number of carbonyl (C=O) groups is 1. The highest BCUT2D eigenvalue weighted by atomic mass is 16.5. The summed E-state index contributed by atoms with van der Waals surface area (Å²) in [4.78, 5) is 25.6. The van der Waals surface area contributed by atoms with Gasteiger partial charge in [0.05, 0.1) is 19.6 Å². The summed E-state index contributed by atoms with van der Waals surface area (Å²) in [5, 5.41) is 0. The fourth-order valence-corrected chi connectivity index (χ4v) is 4.46. The second kappa shape index (κ2) is 6.78. The minimum atomic E-state index is 0.0703. The first-order valence-corrected chi connectivity index (χ1v) is 9.17. The highest BCUT2D eigenvalue weighted by Gasteiger charge is 2.44. The van der Waals surface area contributed by atoms with Crippen LogP contribution in [0.1, 0.15) is 25.7 Å². The number of anilines is 1. The van der Waals surface area contributed by atoms with Gasteiger partial charge in [-0.2, -0.15) is 0 Å². The van der Waals surface area contributed by atoms with Crippen LogP contribution in [0.5, 0.6) is 5.88 Å². The molecule has 7 nitrogen and oxygen atoms in total. The molecule has 3 fully saturated rings. The second-order valence-corrected chi connectivity index (χ2v) is 7.51. The van der Waals surface area contributed by atoms with E-state index in [9.17, 15) is 4.79 Å². The number of carbonyl (C=O) groups excluding carboxylic acids is 1. The number of nitrogens with zero attached hydrogens (tertiary/aromatic N) is 4. The predicted octanol–water partition coefficient (Wildman–Crippen LogP) is 1.34. The van der Waals surface area contributed by atoms with Gasteiger partial charge in [-0.3, -0.25) is 4.79 Å². The van der Waals surface area contributed by atoms with Crippen molar-refractivity contribution in [1.29, 1.82) is 0 Å². The molecule has 0 saturated carbocycles. The molecule has 136 valence electrons. The number of hydrogen-bond donors (Lipinski definition) is 0. The molecular formula is C18H26N4O3. The fourth-order valence-electron chi connectivity index (χ4n) is 4.46. The molecule has 0 aliphatic carbocycles. The molecule has 2 atom stereocenters. The molecule has 0 aromatic carbocycles. The van der Waals surface area contributed by atoms with Gasteiger partial charge in [-0.05, 0) is 25.7 Å². The third-order valence-corrected chi connectivity index (χ3v) is 5.85. The number of aromatic nitrogens is 2. The van der Waals surface area contributed by atoms with Gasteiger partial charge >= 0.3 is 0 Å². The summed E-state index contributed by atoms with van der Waals surface area (Å²) < 4.78 is 10.6. The summed E-state index contributed by atoms with van der Waals surface area (Å²) in [6.07, 6.45) is 5.80. The van der Waals surface area contributed by atoms with Gasteiger partial charge in [-0.25, -0.2) is 9.97 Å². The number of ether oxygens (including phenoxy) is 2. The first-order chi connectivity index (χ1) is 12.2. The molecule has 25 heavy (non-hydrogen) atoms. The lowest BCUT2D eigenvalue weighted by molar-refractivity contribution is -0.134. The van der Waals surface area contributed by atoms with E-state index in [2.05, 4.69) is 19.8 Å². The largest absolute Gasteiger partial charge is 0.481 e. The zero-order valence-electron chi connectivity index (χ0n) is 14.8. The van der Waals surface area contributed by atoms with Crippen LogP contribution in [0.25, 0.3) is 0 Å². The molecule has 3 aliphatic rings. The van der Waals surface area contributed by atoms with Crippen molar-refractivity contribution in [3.63, 3.8) is 0 Å². The Bertz CT molecular complexity index is 635. The summed E-state index contributed by atoms with van der Waals surface area (Å²) in [6.45, 7) is 4.98. The van der Waals surface area contributed by atoms with Gasteiger partial charge in [0, 0.05) is 44.3 Å². The molecule has 1 aromatic rings. The van der Waals surface area contributed by atoms with Crippen LogP contribution in [0.2, 0.25) is 0 Å².